The molecule has 0 radical (unpaired) electrons. The third-order valence-electron chi connectivity index (χ3n) is 3.30. The van der Waals surface area contributed by atoms with Gasteiger partial charge in [-0.1, -0.05) is 31.0 Å². The van der Waals surface area contributed by atoms with Gasteiger partial charge >= 0.3 is 0 Å². The smallest absolute Gasteiger partial charge is 0.0542 e. The Bertz CT molecular complexity index is 344. The third kappa shape index (κ3) is 4.25. The van der Waals surface area contributed by atoms with Crippen LogP contribution in [0.3, 0.4) is 0 Å². The summed E-state index contributed by atoms with van der Waals surface area (Å²) in [6.07, 6.45) is 5.33. The molecule has 1 aliphatic heterocycles. The lowest BCUT2D eigenvalue weighted by Crippen LogP contribution is -2.28. The molecule has 0 saturated carbocycles. The van der Waals surface area contributed by atoms with Crippen molar-refractivity contribution in [1.29, 1.82) is 0 Å². The number of rotatable bonds is 4. The van der Waals surface area contributed by atoms with E-state index in [9.17, 15) is 4.21 Å². The molecule has 0 aliphatic carbocycles. The molecule has 2 rings (SSSR count). The zero-order valence-electron chi connectivity index (χ0n) is 10.3. The number of hydrogen-bond donors (Lipinski definition) is 0. The van der Waals surface area contributed by atoms with Gasteiger partial charge in [-0.05, 0) is 38.1 Å². The maximum absolute atomic E-state index is 12.1. The van der Waals surface area contributed by atoms with Crippen molar-refractivity contribution in [1.82, 2.24) is 4.90 Å². The fourth-order valence-electron chi connectivity index (χ4n) is 2.26. The van der Waals surface area contributed by atoms with E-state index >= 15 is 0 Å². The predicted molar refractivity (Wildman–Crippen MR) is 72.6 cm³/mol. The molecule has 94 valence electrons. The van der Waals surface area contributed by atoms with Gasteiger partial charge in [-0.15, -0.1) is 0 Å². The van der Waals surface area contributed by atoms with Crippen LogP contribution in [0.2, 0.25) is 0 Å². The van der Waals surface area contributed by atoms with Crippen LogP contribution in [0.1, 0.15) is 25.7 Å². The van der Waals surface area contributed by atoms with Gasteiger partial charge in [0.2, 0.25) is 0 Å². The van der Waals surface area contributed by atoms with Crippen LogP contribution >= 0.6 is 0 Å². The second-order valence-electron chi connectivity index (χ2n) is 4.62. The van der Waals surface area contributed by atoms with E-state index < -0.39 is 10.8 Å². The second-order valence-corrected chi connectivity index (χ2v) is 6.19. The predicted octanol–water partition coefficient (Wildman–Crippen LogP) is 2.67. The average Bonchev–Trinajstić information content (AvgIpc) is 2.65. The van der Waals surface area contributed by atoms with Crippen molar-refractivity contribution >= 4 is 10.8 Å². The van der Waals surface area contributed by atoms with E-state index in [4.69, 9.17) is 0 Å². The van der Waals surface area contributed by atoms with E-state index in [0.29, 0.717) is 0 Å². The van der Waals surface area contributed by atoms with Crippen LogP contribution < -0.4 is 0 Å². The Morgan fingerprint density at radius 2 is 1.65 bits per heavy atom. The maximum Gasteiger partial charge on any atom is 0.0542 e. The summed E-state index contributed by atoms with van der Waals surface area (Å²) in [6.45, 7) is 3.35. The van der Waals surface area contributed by atoms with Gasteiger partial charge in [-0.3, -0.25) is 4.21 Å². The molecule has 0 amide bonds. The van der Waals surface area contributed by atoms with Crippen LogP contribution in [0.5, 0.6) is 0 Å². The quantitative estimate of drug-likeness (QED) is 0.820. The first kappa shape index (κ1) is 12.8. The van der Waals surface area contributed by atoms with Crippen LogP contribution in [-0.2, 0) is 10.8 Å². The van der Waals surface area contributed by atoms with Crippen LogP contribution in [-0.4, -0.2) is 34.5 Å². The Hall–Kier alpha value is -0.670. The molecule has 1 fully saturated rings. The maximum atomic E-state index is 12.1. The third-order valence-corrected chi connectivity index (χ3v) is 4.65. The molecule has 1 aliphatic rings. The van der Waals surface area contributed by atoms with Crippen LogP contribution in [0, 0.1) is 0 Å². The molecule has 1 unspecified atom stereocenters. The van der Waals surface area contributed by atoms with E-state index in [1.165, 1.54) is 38.8 Å². The van der Waals surface area contributed by atoms with Crippen LogP contribution in [0.25, 0.3) is 0 Å². The van der Waals surface area contributed by atoms with Gasteiger partial charge in [-0.25, -0.2) is 0 Å². The highest BCUT2D eigenvalue weighted by molar-refractivity contribution is 7.85. The summed E-state index contributed by atoms with van der Waals surface area (Å²) in [4.78, 5) is 3.43. The lowest BCUT2D eigenvalue weighted by Gasteiger charge is -2.19. The summed E-state index contributed by atoms with van der Waals surface area (Å²) < 4.78 is 12.1. The summed E-state index contributed by atoms with van der Waals surface area (Å²) in [6, 6.07) is 9.80. The molecule has 3 heteroatoms. The van der Waals surface area contributed by atoms with Gasteiger partial charge in [0.1, 0.15) is 0 Å². The first-order valence-electron chi connectivity index (χ1n) is 6.52. The number of nitrogens with zero attached hydrogens (tertiary/aromatic N) is 1. The zero-order valence-corrected chi connectivity index (χ0v) is 11.1. The largest absolute Gasteiger partial charge is 0.302 e. The Labute approximate surface area is 106 Å². The molecule has 0 bridgehead atoms. The number of likely N-dealkylation sites (tertiary alicyclic amines) is 1. The minimum absolute atomic E-state index is 0.768. The SMILES string of the molecule is O=S(CCN1CCCCCC1)c1ccccc1. The first-order valence-corrected chi connectivity index (χ1v) is 7.84. The highest BCUT2D eigenvalue weighted by Crippen LogP contribution is 2.11. The Kier molecular flexibility index (Phi) is 5.20. The van der Waals surface area contributed by atoms with Crippen molar-refractivity contribution in [2.75, 3.05) is 25.4 Å². The molecule has 1 heterocycles. The van der Waals surface area contributed by atoms with Gasteiger partial charge in [0.05, 0.1) is 10.8 Å². The van der Waals surface area contributed by atoms with E-state index in [-0.39, 0.29) is 0 Å². The lowest BCUT2D eigenvalue weighted by atomic mass is 10.2. The standard InChI is InChI=1S/C14H21NOS/c16-17(14-8-4-3-5-9-14)13-12-15-10-6-1-2-7-11-15/h3-5,8-9H,1-2,6-7,10-13H2. The summed E-state index contributed by atoms with van der Waals surface area (Å²) in [5.41, 5.74) is 0. The Morgan fingerprint density at radius 3 is 2.29 bits per heavy atom. The minimum atomic E-state index is -0.832. The van der Waals surface area contributed by atoms with Gasteiger partial charge in [0, 0.05) is 17.2 Å². The molecule has 2 nitrogen and oxygen atoms in total. The molecule has 1 aromatic carbocycles. The Morgan fingerprint density at radius 1 is 1.00 bits per heavy atom. The number of benzene rings is 1. The normalized spacial score (nSPS) is 19.8. The summed E-state index contributed by atoms with van der Waals surface area (Å²) in [5.74, 6) is 0.768. The molecule has 0 spiro atoms. The lowest BCUT2D eigenvalue weighted by molar-refractivity contribution is 0.302. The van der Waals surface area contributed by atoms with Crippen molar-refractivity contribution < 1.29 is 4.21 Å². The van der Waals surface area contributed by atoms with Crippen molar-refractivity contribution in [3.05, 3.63) is 30.3 Å². The molecular weight excluding hydrogens is 230 g/mol. The summed E-state index contributed by atoms with van der Waals surface area (Å²) >= 11 is 0. The highest BCUT2D eigenvalue weighted by Gasteiger charge is 2.10. The average molecular weight is 251 g/mol. The fraction of sp³-hybridized carbons (Fsp3) is 0.571. The fourth-order valence-corrected chi connectivity index (χ4v) is 3.38. The summed E-state index contributed by atoms with van der Waals surface area (Å²) in [7, 11) is -0.832. The van der Waals surface area contributed by atoms with Crippen molar-refractivity contribution in [3.8, 4) is 0 Å². The van der Waals surface area contributed by atoms with Crippen LogP contribution in [0.15, 0.2) is 35.2 Å². The van der Waals surface area contributed by atoms with E-state index in [1.807, 2.05) is 30.3 Å². The minimum Gasteiger partial charge on any atom is -0.302 e. The van der Waals surface area contributed by atoms with Gasteiger partial charge < -0.3 is 4.90 Å². The molecular formula is C14H21NOS. The van der Waals surface area contributed by atoms with E-state index in [1.54, 1.807) is 0 Å². The van der Waals surface area contributed by atoms with Crippen molar-refractivity contribution in [2.45, 2.75) is 30.6 Å². The molecule has 1 atom stereocenters. The molecule has 0 N–H and O–H groups in total. The number of hydrogen-bond acceptors (Lipinski definition) is 2. The Balaban J connectivity index is 1.79. The molecule has 17 heavy (non-hydrogen) atoms. The topological polar surface area (TPSA) is 20.3 Å². The molecule has 1 saturated heterocycles. The monoisotopic (exact) mass is 251 g/mol. The zero-order chi connectivity index (χ0) is 11.9. The summed E-state index contributed by atoms with van der Waals surface area (Å²) in [5, 5.41) is 0. The van der Waals surface area contributed by atoms with E-state index in [2.05, 4.69) is 4.90 Å². The highest BCUT2D eigenvalue weighted by atomic mass is 32.2. The van der Waals surface area contributed by atoms with E-state index in [0.717, 1.165) is 17.2 Å². The molecule has 0 aromatic heterocycles. The van der Waals surface area contributed by atoms with Gasteiger partial charge in [0.25, 0.3) is 0 Å². The second kappa shape index (κ2) is 6.92. The molecule has 1 aromatic rings. The van der Waals surface area contributed by atoms with Gasteiger partial charge in [0.15, 0.2) is 0 Å². The van der Waals surface area contributed by atoms with Crippen molar-refractivity contribution in [2.24, 2.45) is 0 Å². The van der Waals surface area contributed by atoms with Crippen LogP contribution in [0.4, 0.5) is 0 Å². The van der Waals surface area contributed by atoms with Gasteiger partial charge in [-0.2, -0.15) is 0 Å². The first-order chi connectivity index (χ1) is 8.36. The van der Waals surface area contributed by atoms with Crippen molar-refractivity contribution in [3.63, 3.8) is 0 Å².